The number of aromatic nitrogens is 3. The van der Waals surface area contributed by atoms with Crippen LogP contribution in [0.3, 0.4) is 0 Å². The molecule has 4 aromatic rings. The van der Waals surface area contributed by atoms with Gasteiger partial charge in [0.1, 0.15) is 5.75 Å². The third kappa shape index (κ3) is 4.37. The van der Waals surface area contributed by atoms with Crippen LogP contribution in [0.4, 0.5) is 0 Å². The molecule has 0 fully saturated rings. The van der Waals surface area contributed by atoms with E-state index in [1.807, 2.05) is 53.1 Å². The fraction of sp³-hybridized carbons (Fsp3) is 0.174. The zero-order chi connectivity index (χ0) is 22.6. The minimum atomic E-state index is -0.133. The molecule has 1 aliphatic rings. The number of fused-ring (bicyclic) bond motifs is 1. The number of benzene rings is 2. The van der Waals surface area contributed by atoms with Crippen molar-refractivity contribution < 1.29 is 23.4 Å². The molecule has 5 rings (SSSR count). The molecule has 10 heteroatoms. The van der Waals surface area contributed by atoms with Crippen molar-refractivity contribution in [3.05, 3.63) is 66.4 Å². The highest BCUT2D eigenvalue weighted by Gasteiger charge is 2.21. The maximum absolute atomic E-state index is 12.5. The molecule has 1 amide bonds. The van der Waals surface area contributed by atoms with Gasteiger partial charge in [-0.25, -0.2) is 0 Å². The maximum atomic E-state index is 12.5. The summed E-state index contributed by atoms with van der Waals surface area (Å²) in [5.74, 6) is 3.16. The number of thioether (sulfide) groups is 1. The number of nitrogens with one attached hydrogen (secondary N) is 1. The number of ether oxygens (including phenoxy) is 3. The zero-order valence-corrected chi connectivity index (χ0v) is 18.5. The topological polar surface area (TPSA) is 101 Å². The van der Waals surface area contributed by atoms with Gasteiger partial charge in [0.15, 0.2) is 22.4 Å². The van der Waals surface area contributed by atoms with Crippen molar-refractivity contribution >= 4 is 17.7 Å². The average molecular weight is 465 g/mol. The monoisotopic (exact) mass is 464 g/mol. The lowest BCUT2D eigenvalue weighted by Gasteiger charge is -2.13. The summed E-state index contributed by atoms with van der Waals surface area (Å²) in [6.45, 7) is 0.599. The lowest BCUT2D eigenvalue weighted by molar-refractivity contribution is -0.118. The van der Waals surface area contributed by atoms with Crippen molar-refractivity contribution in [1.29, 1.82) is 0 Å². The Bertz CT molecular complexity index is 1270. The van der Waals surface area contributed by atoms with Gasteiger partial charge in [0.05, 0.1) is 24.8 Å². The standard InChI is InChI=1S/C23H20N4O5S/c1-29-17-6-3-2-5-16(17)27-22(19-7-4-10-30-19)25-26-23(27)33-13-21(28)24-12-15-8-9-18-20(11-15)32-14-31-18/h2-11H,12-14H2,1H3,(H,24,28). The predicted molar refractivity (Wildman–Crippen MR) is 121 cm³/mol. The summed E-state index contributed by atoms with van der Waals surface area (Å²) in [5.41, 5.74) is 1.68. The van der Waals surface area contributed by atoms with Crippen LogP contribution < -0.4 is 19.5 Å². The highest BCUT2D eigenvalue weighted by atomic mass is 32.2. The molecule has 3 heterocycles. The normalized spacial score (nSPS) is 12.0. The number of carbonyl (C=O) groups is 1. The first kappa shape index (κ1) is 21.0. The molecule has 1 aliphatic heterocycles. The first-order valence-electron chi connectivity index (χ1n) is 10.1. The molecule has 33 heavy (non-hydrogen) atoms. The quantitative estimate of drug-likeness (QED) is 0.394. The fourth-order valence-electron chi connectivity index (χ4n) is 3.39. The zero-order valence-electron chi connectivity index (χ0n) is 17.7. The van der Waals surface area contributed by atoms with E-state index in [1.165, 1.54) is 11.8 Å². The van der Waals surface area contributed by atoms with Gasteiger partial charge in [0.2, 0.25) is 18.5 Å². The van der Waals surface area contributed by atoms with Gasteiger partial charge in [0.25, 0.3) is 0 Å². The summed E-state index contributed by atoms with van der Waals surface area (Å²) in [6, 6.07) is 16.7. The van der Waals surface area contributed by atoms with Gasteiger partial charge in [-0.1, -0.05) is 30.0 Å². The first-order chi connectivity index (χ1) is 16.2. The van der Waals surface area contributed by atoms with Crippen LogP contribution in [0.1, 0.15) is 5.56 Å². The Morgan fingerprint density at radius 2 is 2.00 bits per heavy atom. The summed E-state index contributed by atoms with van der Waals surface area (Å²) in [4.78, 5) is 12.5. The van der Waals surface area contributed by atoms with E-state index in [0.717, 1.165) is 11.3 Å². The number of furan rings is 1. The van der Waals surface area contributed by atoms with Crippen LogP contribution in [0, 0.1) is 0 Å². The fourth-order valence-corrected chi connectivity index (χ4v) is 4.17. The van der Waals surface area contributed by atoms with E-state index in [9.17, 15) is 4.79 Å². The van der Waals surface area contributed by atoms with Crippen LogP contribution in [-0.2, 0) is 11.3 Å². The molecule has 2 aromatic heterocycles. The molecule has 0 saturated carbocycles. The highest BCUT2D eigenvalue weighted by Crippen LogP contribution is 2.33. The Morgan fingerprint density at radius 3 is 2.85 bits per heavy atom. The number of nitrogens with zero attached hydrogens (tertiary/aromatic N) is 3. The molecule has 0 aliphatic carbocycles. The number of carbonyl (C=O) groups excluding carboxylic acids is 1. The number of methoxy groups -OCH3 is 1. The average Bonchev–Trinajstić information content (AvgIpc) is 3.61. The number of rotatable bonds is 8. The van der Waals surface area contributed by atoms with Gasteiger partial charge < -0.3 is 23.9 Å². The molecule has 0 bridgehead atoms. The lowest BCUT2D eigenvalue weighted by Crippen LogP contribution is -2.24. The van der Waals surface area contributed by atoms with Gasteiger partial charge in [-0.15, -0.1) is 10.2 Å². The van der Waals surface area contributed by atoms with E-state index in [1.54, 1.807) is 19.4 Å². The molecule has 0 saturated heterocycles. The second kappa shape index (κ2) is 9.29. The van der Waals surface area contributed by atoms with Crippen LogP contribution in [0.25, 0.3) is 17.3 Å². The highest BCUT2D eigenvalue weighted by molar-refractivity contribution is 7.99. The Balaban J connectivity index is 1.31. The van der Waals surface area contributed by atoms with Crippen molar-refractivity contribution in [3.8, 4) is 34.5 Å². The second-order valence-corrected chi connectivity index (χ2v) is 7.99. The van der Waals surface area contributed by atoms with Crippen LogP contribution >= 0.6 is 11.8 Å². The molecule has 0 spiro atoms. The Morgan fingerprint density at radius 1 is 1.12 bits per heavy atom. The number of amides is 1. The van der Waals surface area contributed by atoms with E-state index in [4.69, 9.17) is 18.6 Å². The predicted octanol–water partition coefficient (Wildman–Crippen LogP) is 3.67. The molecular formula is C23H20N4O5S. The van der Waals surface area contributed by atoms with E-state index >= 15 is 0 Å². The Kier molecular flexibility index (Phi) is 5.90. The molecule has 0 radical (unpaired) electrons. The van der Waals surface area contributed by atoms with Crippen LogP contribution in [-0.4, -0.2) is 40.3 Å². The second-order valence-electron chi connectivity index (χ2n) is 7.04. The van der Waals surface area contributed by atoms with Crippen molar-refractivity contribution in [2.75, 3.05) is 19.7 Å². The van der Waals surface area contributed by atoms with E-state index in [2.05, 4.69) is 15.5 Å². The summed E-state index contributed by atoms with van der Waals surface area (Å²) >= 11 is 1.28. The number of hydrogen-bond donors (Lipinski definition) is 1. The van der Waals surface area contributed by atoms with Crippen LogP contribution in [0.5, 0.6) is 17.2 Å². The Hall–Kier alpha value is -3.92. The smallest absolute Gasteiger partial charge is 0.231 e. The number of para-hydroxylation sites is 2. The molecular weight excluding hydrogens is 444 g/mol. The van der Waals surface area contributed by atoms with Gasteiger partial charge in [0, 0.05) is 6.54 Å². The van der Waals surface area contributed by atoms with Crippen molar-refractivity contribution in [1.82, 2.24) is 20.1 Å². The minimum Gasteiger partial charge on any atom is -0.495 e. The third-order valence-corrected chi connectivity index (χ3v) is 5.89. The van der Waals surface area contributed by atoms with Crippen LogP contribution in [0.2, 0.25) is 0 Å². The SMILES string of the molecule is COc1ccccc1-n1c(SCC(=O)NCc2ccc3c(c2)OCO3)nnc1-c1ccco1. The van der Waals surface area contributed by atoms with Gasteiger partial charge in [-0.2, -0.15) is 0 Å². The van der Waals surface area contributed by atoms with Gasteiger partial charge >= 0.3 is 0 Å². The van der Waals surface area contributed by atoms with Crippen LogP contribution in [0.15, 0.2) is 70.4 Å². The summed E-state index contributed by atoms with van der Waals surface area (Å²) in [6.07, 6.45) is 1.58. The Labute approximate surface area is 193 Å². The molecule has 9 nitrogen and oxygen atoms in total. The molecule has 0 atom stereocenters. The lowest BCUT2D eigenvalue weighted by atomic mass is 10.2. The first-order valence-corrected chi connectivity index (χ1v) is 11.1. The molecule has 2 aromatic carbocycles. The third-order valence-electron chi connectivity index (χ3n) is 4.96. The van der Waals surface area contributed by atoms with Gasteiger partial charge in [-0.05, 0) is 42.0 Å². The van der Waals surface area contributed by atoms with Gasteiger partial charge in [-0.3, -0.25) is 9.36 Å². The largest absolute Gasteiger partial charge is 0.495 e. The van der Waals surface area contributed by atoms with E-state index in [-0.39, 0.29) is 18.5 Å². The van der Waals surface area contributed by atoms with Crippen molar-refractivity contribution in [2.45, 2.75) is 11.7 Å². The van der Waals surface area contributed by atoms with E-state index < -0.39 is 0 Å². The number of hydrogen-bond acceptors (Lipinski definition) is 8. The molecule has 168 valence electrons. The minimum absolute atomic E-state index is 0.133. The van der Waals surface area contributed by atoms with Crippen molar-refractivity contribution in [3.63, 3.8) is 0 Å². The molecule has 0 unspecified atom stereocenters. The maximum Gasteiger partial charge on any atom is 0.231 e. The summed E-state index contributed by atoms with van der Waals surface area (Å²) in [7, 11) is 1.60. The van der Waals surface area contributed by atoms with Crippen molar-refractivity contribution in [2.24, 2.45) is 0 Å². The van der Waals surface area contributed by atoms with E-state index in [0.29, 0.717) is 40.5 Å². The summed E-state index contributed by atoms with van der Waals surface area (Å²) < 4.78 is 23.6. The molecule has 1 N–H and O–H groups in total. The summed E-state index contributed by atoms with van der Waals surface area (Å²) in [5, 5.41) is 12.1.